The van der Waals surface area contributed by atoms with Gasteiger partial charge < -0.3 is 0 Å². The standard InChI is InChI=1S/C24H38/c1-4-22-23(16-15-20-11-7-5-8-12-20)19(3)18(2)17-24(22)21-13-9-6-10-14-21/h17,20-21H,4-16H2,1-3H3. The Morgan fingerprint density at radius 2 is 1.46 bits per heavy atom. The summed E-state index contributed by atoms with van der Waals surface area (Å²) in [6.45, 7) is 7.13. The van der Waals surface area contributed by atoms with Gasteiger partial charge in [0.1, 0.15) is 0 Å². The molecular weight excluding hydrogens is 288 g/mol. The number of hydrogen-bond donors (Lipinski definition) is 0. The monoisotopic (exact) mass is 326 g/mol. The number of hydrogen-bond acceptors (Lipinski definition) is 0. The minimum atomic E-state index is 0.849. The zero-order valence-corrected chi connectivity index (χ0v) is 16.4. The average Bonchev–Trinajstić information content (AvgIpc) is 2.64. The van der Waals surface area contributed by atoms with Crippen molar-refractivity contribution < 1.29 is 0 Å². The molecule has 2 fully saturated rings. The van der Waals surface area contributed by atoms with Crippen LogP contribution >= 0.6 is 0 Å². The summed E-state index contributed by atoms with van der Waals surface area (Å²) in [5.74, 6) is 1.85. The molecule has 1 aromatic carbocycles. The van der Waals surface area contributed by atoms with Crippen molar-refractivity contribution in [2.75, 3.05) is 0 Å². The van der Waals surface area contributed by atoms with Crippen LogP contribution in [0.2, 0.25) is 0 Å². The Morgan fingerprint density at radius 3 is 2.08 bits per heavy atom. The molecule has 3 rings (SSSR count). The Kier molecular flexibility index (Phi) is 6.42. The van der Waals surface area contributed by atoms with Crippen molar-refractivity contribution in [2.24, 2.45) is 5.92 Å². The highest BCUT2D eigenvalue weighted by Gasteiger charge is 2.22. The maximum atomic E-state index is 2.56. The number of benzene rings is 1. The molecule has 2 aliphatic rings. The van der Waals surface area contributed by atoms with E-state index < -0.39 is 0 Å². The van der Waals surface area contributed by atoms with Gasteiger partial charge in [0, 0.05) is 0 Å². The largest absolute Gasteiger partial charge is 0.0613 e. The molecule has 0 atom stereocenters. The fourth-order valence-electron chi connectivity index (χ4n) is 5.43. The highest BCUT2D eigenvalue weighted by atomic mass is 14.3. The van der Waals surface area contributed by atoms with Gasteiger partial charge in [-0.3, -0.25) is 0 Å². The first kappa shape index (κ1) is 18.0. The Labute approximate surface area is 150 Å². The third kappa shape index (κ3) is 4.06. The maximum Gasteiger partial charge on any atom is -0.0159 e. The molecule has 1 aromatic rings. The van der Waals surface area contributed by atoms with Crippen molar-refractivity contribution in [3.05, 3.63) is 33.9 Å². The molecule has 0 amide bonds. The van der Waals surface area contributed by atoms with Crippen LogP contribution in [0, 0.1) is 19.8 Å². The summed E-state index contributed by atoms with van der Waals surface area (Å²) >= 11 is 0. The topological polar surface area (TPSA) is 0 Å². The molecule has 0 heterocycles. The van der Waals surface area contributed by atoms with Gasteiger partial charge in [-0.1, -0.05) is 64.4 Å². The Hall–Kier alpha value is -0.780. The predicted octanol–water partition coefficient (Wildman–Crippen LogP) is 7.43. The van der Waals surface area contributed by atoms with Crippen molar-refractivity contribution in [3.63, 3.8) is 0 Å². The molecule has 134 valence electrons. The van der Waals surface area contributed by atoms with E-state index in [1.54, 1.807) is 27.8 Å². The second-order valence-corrected chi connectivity index (χ2v) is 8.60. The molecule has 0 aromatic heterocycles. The van der Waals surface area contributed by atoms with Crippen LogP contribution in [0.5, 0.6) is 0 Å². The second-order valence-electron chi connectivity index (χ2n) is 8.60. The summed E-state index contributed by atoms with van der Waals surface area (Å²) in [7, 11) is 0. The van der Waals surface area contributed by atoms with Gasteiger partial charge in [0.25, 0.3) is 0 Å². The van der Waals surface area contributed by atoms with Crippen LogP contribution in [0.3, 0.4) is 0 Å². The summed E-state index contributed by atoms with van der Waals surface area (Å²) in [6.07, 6.45) is 18.6. The highest BCUT2D eigenvalue weighted by molar-refractivity contribution is 5.47. The van der Waals surface area contributed by atoms with Gasteiger partial charge in [-0.05, 0) is 85.6 Å². The van der Waals surface area contributed by atoms with Crippen LogP contribution in [0.4, 0.5) is 0 Å². The van der Waals surface area contributed by atoms with Crippen molar-refractivity contribution in [1.82, 2.24) is 0 Å². The van der Waals surface area contributed by atoms with Crippen LogP contribution in [-0.4, -0.2) is 0 Å². The van der Waals surface area contributed by atoms with Crippen LogP contribution in [-0.2, 0) is 12.8 Å². The van der Waals surface area contributed by atoms with E-state index in [-0.39, 0.29) is 0 Å². The van der Waals surface area contributed by atoms with E-state index in [9.17, 15) is 0 Å². The van der Waals surface area contributed by atoms with E-state index in [4.69, 9.17) is 0 Å². The summed E-state index contributed by atoms with van der Waals surface area (Å²) < 4.78 is 0. The lowest BCUT2D eigenvalue weighted by molar-refractivity contribution is 0.339. The first-order valence-corrected chi connectivity index (χ1v) is 10.8. The highest BCUT2D eigenvalue weighted by Crippen LogP contribution is 2.38. The number of aryl methyl sites for hydroxylation is 1. The molecule has 2 aliphatic carbocycles. The Bertz CT molecular complexity index is 527. The van der Waals surface area contributed by atoms with Crippen LogP contribution in [0.15, 0.2) is 6.07 Å². The van der Waals surface area contributed by atoms with E-state index in [1.165, 1.54) is 83.5 Å². The summed E-state index contributed by atoms with van der Waals surface area (Å²) in [5.41, 5.74) is 8.36. The quantitative estimate of drug-likeness (QED) is 0.528. The maximum absolute atomic E-state index is 2.56. The zero-order chi connectivity index (χ0) is 16.9. The second kappa shape index (κ2) is 8.54. The number of rotatable bonds is 5. The van der Waals surface area contributed by atoms with Gasteiger partial charge in [-0.15, -0.1) is 0 Å². The normalized spacial score (nSPS) is 20.5. The summed E-state index contributed by atoms with van der Waals surface area (Å²) in [5, 5.41) is 0. The molecule has 0 N–H and O–H groups in total. The molecule has 0 aliphatic heterocycles. The molecular formula is C24H38. The van der Waals surface area contributed by atoms with Crippen LogP contribution < -0.4 is 0 Å². The third-order valence-electron chi connectivity index (χ3n) is 7.05. The summed E-state index contributed by atoms with van der Waals surface area (Å²) in [4.78, 5) is 0. The van der Waals surface area contributed by atoms with Crippen molar-refractivity contribution in [3.8, 4) is 0 Å². The van der Waals surface area contributed by atoms with Gasteiger partial charge in [-0.2, -0.15) is 0 Å². The predicted molar refractivity (Wildman–Crippen MR) is 106 cm³/mol. The smallest absolute Gasteiger partial charge is 0.0159 e. The van der Waals surface area contributed by atoms with Gasteiger partial charge in [0.05, 0.1) is 0 Å². The molecule has 2 saturated carbocycles. The molecule has 0 saturated heterocycles. The van der Waals surface area contributed by atoms with Gasteiger partial charge in [0.15, 0.2) is 0 Å². The van der Waals surface area contributed by atoms with E-state index >= 15 is 0 Å². The van der Waals surface area contributed by atoms with E-state index in [0.29, 0.717) is 0 Å². The lowest BCUT2D eigenvalue weighted by atomic mass is 9.77. The minimum absolute atomic E-state index is 0.849. The fraction of sp³-hybridized carbons (Fsp3) is 0.750. The van der Waals surface area contributed by atoms with E-state index in [1.807, 2.05) is 0 Å². The molecule has 0 unspecified atom stereocenters. The molecule has 0 radical (unpaired) electrons. The first-order valence-electron chi connectivity index (χ1n) is 10.8. The van der Waals surface area contributed by atoms with Gasteiger partial charge >= 0.3 is 0 Å². The SMILES string of the molecule is CCc1c(C2CCCCC2)cc(C)c(C)c1CCC1CCCCC1. The van der Waals surface area contributed by atoms with Crippen molar-refractivity contribution in [1.29, 1.82) is 0 Å². The molecule has 0 nitrogen and oxygen atoms in total. The van der Waals surface area contributed by atoms with Crippen LogP contribution in [0.1, 0.15) is 111 Å². The lowest BCUT2D eigenvalue weighted by Gasteiger charge is -2.28. The average molecular weight is 327 g/mol. The van der Waals surface area contributed by atoms with Crippen molar-refractivity contribution >= 4 is 0 Å². The molecule has 0 bridgehead atoms. The van der Waals surface area contributed by atoms with Gasteiger partial charge in [0.2, 0.25) is 0 Å². The zero-order valence-electron chi connectivity index (χ0n) is 16.4. The van der Waals surface area contributed by atoms with E-state index in [0.717, 1.165) is 11.8 Å². The van der Waals surface area contributed by atoms with E-state index in [2.05, 4.69) is 26.8 Å². The minimum Gasteiger partial charge on any atom is -0.0613 e. The molecule has 0 spiro atoms. The van der Waals surface area contributed by atoms with Gasteiger partial charge in [-0.25, -0.2) is 0 Å². The molecule has 24 heavy (non-hydrogen) atoms. The Balaban J connectivity index is 1.83. The lowest BCUT2D eigenvalue weighted by Crippen LogP contribution is -2.13. The first-order chi connectivity index (χ1) is 11.7. The van der Waals surface area contributed by atoms with Crippen molar-refractivity contribution in [2.45, 2.75) is 110 Å². The Morgan fingerprint density at radius 1 is 0.833 bits per heavy atom. The third-order valence-corrected chi connectivity index (χ3v) is 7.05. The molecule has 0 heteroatoms. The van der Waals surface area contributed by atoms with Crippen LogP contribution in [0.25, 0.3) is 0 Å². The summed E-state index contributed by atoms with van der Waals surface area (Å²) in [6, 6.07) is 2.56. The fourth-order valence-corrected chi connectivity index (χ4v) is 5.43.